The van der Waals surface area contributed by atoms with Crippen molar-refractivity contribution in [3.63, 3.8) is 0 Å². The van der Waals surface area contributed by atoms with Gasteiger partial charge in [0.2, 0.25) is 0 Å². The predicted molar refractivity (Wildman–Crippen MR) is 69.9 cm³/mol. The maximum atomic E-state index is 11.6. The summed E-state index contributed by atoms with van der Waals surface area (Å²) in [7, 11) is 3.01. The summed E-state index contributed by atoms with van der Waals surface area (Å²) in [5.41, 5.74) is 0. The minimum Gasteiger partial charge on any atom is -0.468 e. The van der Waals surface area contributed by atoms with Crippen molar-refractivity contribution in [1.82, 2.24) is 4.90 Å². The van der Waals surface area contributed by atoms with Gasteiger partial charge in [-0.2, -0.15) is 0 Å². The third kappa shape index (κ3) is 5.44. The summed E-state index contributed by atoms with van der Waals surface area (Å²) in [5.74, 6) is -0.224. The normalized spacial score (nSPS) is 23.3. The molecular weight excluding hydrogens is 250 g/mol. The molecule has 0 spiro atoms. The molecule has 3 atom stereocenters. The minimum absolute atomic E-state index is 0.0466. The lowest BCUT2D eigenvalue weighted by Crippen LogP contribution is -2.42. The van der Waals surface area contributed by atoms with Crippen LogP contribution in [0.15, 0.2) is 0 Å². The fourth-order valence-electron chi connectivity index (χ4n) is 2.33. The van der Waals surface area contributed by atoms with Gasteiger partial charge in [-0.25, -0.2) is 0 Å². The molecule has 0 saturated carbocycles. The molecule has 6 nitrogen and oxygen atoms in total. The van der Waals surface area contributed by atoms with Gasteiger partial charge >= 0.3 is 5.97 Å². The number of carbonyl (C=O) groups excluding carboxylic acids is 1. The molecule has 1 aliphatic rings. The van der Waals surface area contributed by atoms with Gasteiger partial charge < -0.3 is 19.3 Å². The molecule has 0 radical (unpaired) electrons. The molecule has 1 fully saturated rings. The summed E-state index contributed by atoms with van der Waals surface area (Å²) >= 11 is 0. The Balaban J connectivity index is 2.31. The molecule has 0 bridgehead atoms. The van der Waals surface area contributed by atoms with Crippen LogP contribution in [0, 0.1) is 0 Å². The Kier molecular flexibility index (Phi) is 7.30. The van der Waals surface area contributed by atoms with Crippen molar-refractivity contribution in [3.05, 3.63) is 0 Å². The molecule has 1 aliphatic heterocycles. The second-order valence-electron chi connectivity index (χ2n) is 4.93. The lowest BCUT2D eigenvalue weighted by Gasteiger charge is -2.25. The van der Waals surface area contributed by atoms with Gasteiger partial charge in [-0.1, -0.05) is 0 Å². The van der Waals surface area contributed by atoms with Gasteiger partial charge in [0, 0.05) is 13.7 Å². The van der Waals surface area contributed by atoms with Crippen molar-refractivity contribution in [3.8, 4) is 0 Å². The second-order valence-corrected chi connectivity index (χ2v) is 4.93. The topological polar surface area (TPSA) is 68.2 Å². The fraction of sp³-hybridized carbons (Fsp3) is 0.923. The van der Waals surface area contributed by atoms with E-state index in [0.717, 1.165) is 19.4 Å². The van der Waals surface area contributed by atoms with E-state index >= 15 is 0 Å². The number of rotatable bonds is 8. The molecule has 1 heterocycles. The van der Waals surface area contributed by atoms with Crippen molar-refractivity contribution < 1.29 is 24.1 Å². The summed E-state index contributed by atoms with van der Waals surface area (Å²) in [5, 5.41) is 9.94. The molecule has 0 amide bonds. The van der Waals surface area contributed by atoms with Crippen LogP contribution >= 0.6 is 0 Å². The molecule has 6 heteroatoms. The van der Waals surface area contributed by atoms with Gasteiger partial charge in [0.05, 0.1) is 32.5 Å². The van der Waals surface area contributed by atoms with Crippen LogP contribution in [0.25, 0.3) is 0 Å². The smallest absolute Gasteiger partial charge is 0.323 e. The third-order valence-electron chi connectivity index (χ3n) is 3.26. The number of hydrogen-bond acceptors (Lipinski definition) is 6. The van der Waals surface area contributed by atoms with E-state index in [9.17, 15) is 9.90 Å². The Morgan fingerprint density at radius 1 is 1.42 bits per heavy atom. The fourth-order valence-corrected chi connectivity index (χ4v) is 2.33. The first-order chi connectivity index (χ1) is 9.08. The number of ether oxygens (including phenoxy) is 3. The number of nitrogens with zero attached hydrogens (tertiary/aromatic N) is 1. The van der Waals surface area contributed by atoms with Gasteiger partial charge in [0.1, 0.15) is 6.04 Å². The molecule has 112 valence electrons. The Morgan fingerprint density at radius 3 is 2.79 bits per heavy atom. The average molecular weight is 275 g/mol. The van der Waals surface area contributed by atoms with E-state index in [1.807, 2.05) is 11.8 Å². The summed E-state index contributed by atoms with van der Waals surface area (Å²) in [6, 6.07) is -0.226. The highest BCUT2D eigenvalue weighted by Crippen LogP contribution is 2.18. The van der Waals surface area contributed by atoms with Crippen LogP contribution in [0.4, 0.5) is 0 Å². The lowest BCUT2D eigenvalue weighted by atomic mass is 10.2. The Labute approximate surface area is 114 Å². The minimum atomic E-state index is -0.607. The summed E-state index contributed by atoms with van der Waals surface area (Å²) in [6.45, 7) is 3.88. The maximum Gasteiger partial charge on any atom is 0.323 e. The van der Waals surface area contributed by atoms with E-state index in [1.165, 1.54) is 7.11 Å². The first-order valence-electron chi connectivity index (χ1n) is 6.69. The quantitative estimate of drug-likeness (QED) is 0.631. The van der Waals surface area contributed by atoms with Crippen LogP contribution in [0.3, 0.4) is 0 Å². The molecule has 0 aromatic heterocycles. The van der Waals surface area contributed by atoms with Crippen molar-refractivity contribution >= 4 is 5.97 Å². The summed E-state index contributed by atoms with van der Waals surface area (Å²) in [4.78, 5) is 13.5. The standard InChI is InChI=1S/C13H25NO5/c1-10(8-17-2)19-9-11(15)7-14-6-4-5-12(14)13(16)18-3/h10-12,15H,4-9H2,1-3H3. The van der Waals surface area contributed by atoms with Crippen molar-refractivity contribution in [2.24, 2.45) is 0 Å². The number of esters is 1. The summed E-state index contributed by atoms with van der Waals surface area (Å²) in [6.07, 6.45) is 1.09. The zero-order chi connectivity index (χ0) is 14.3. The number of likely N-dealkylation sites (tertiary alicyclic amines) is 1. The molecule has 0 aromatic carbocycles. The van der Waals surface area contributed by atoms with E-state index < -0.39 is 6.10 Å². The highest BCUT2D eigenvalue weighted by atomic mass is 16.5. The third-order valence-corrected chi connectivity index (χ3v) is 3.26. The first kappa shape index (κ1) is 16.4. The highest BCUT2D eigenvalue weighted by Gasteiger charge is 2.32. The number of aliphatic hydroxyl groups excluding tert-OH is 1. The van der Waals surface area contributed by atoms with Crippen LogP contribution in [-0.4, -0.2) is 74.7 Å². The van der Waals surface area contributed by atoms with Gasteiger partial charge in [0.15, 0.2) is 0 Å². The van der Waals surface area contributed by atoms with Crippen molar-refractivity contribution in [2.45, 2.75) is 38.0 Å². The largest absolute Gasteiger partial charge is 0.468 e. The lowest BCUT2D eigenvalue weighted by molar-refractivity contribution is -0.146. The molecule has 1 N–H and O–H groups in total. The SMILES string of the molecule is COCC(C)OCC(O)CN1CCCC1C(=O)OC. The number of carbonyl (C=O) groups is 1. The number of aliphatic hydroxyl groups is 1. The van der Waals surface area contributed by atoms with Gasteiger partial charge in [0.25, 0.3) is 0 Å². The van der Waals surface area contributed by atoms with Gasteiger partial charge in [-0.15, -0.1) is 0 Å². The zero-order valence-electron chi connectivity index (χ0n) is 12.0. The number of β-amino-alcohol motifs (C(OH)–C–C–N with tert-alkyl or cyclic N) is 1. The maximum absolute atomic E-state index is 11.6. The van der Waals surface area contributed by atoms with Crippen LogP contribution in [-0.2, 0) is 19.0 Å². The van der Waals surface area contributed by atoms with Crippen molar-refractivity contribution in [2.75, 3.05) is 40.5 Å². The molecule has 19 heavy (non-hydrogen) atoms. The molecule has 1 saturated heterocycles. The monoisotopic (exact) mass is 275 g/mol. The average Bonchev–Trinajstić information content (AvgIpc) is 2.84. The van der Waals surface area contributed by atoms with E-state index in [1.54, 1.807) is 7.11 Å². The second kappa shape index (κ2) is 8.47. The molecule has 0 aliphatic carbocycles. The molecule has 3 unspecified atom stereocenters. The van der Waals surface area contributed by atoms with Gasteiger partial charge in [-0.3, -0.25) is 9.69 Å². The zero-order valence-corrected chi connectivity index (χ0v) is 12.0. The Morgan fingerprint density at radius 2 is 2.16 bits per heavy atom. The van der Waals surface area contributed by atoms with E-state index in [4.69, 9.17) is 14.2 Å². The first-order valence-corrected chi connectivity index (χ1v) is 6.69. The highest BCUT2D eigenvalue weighted by molar-refractivity contribution is 5.75. The van der Waals surface area contributed by atoms with Crippen LogP contribution in [0.2, 0.25) is 0 Å². The predicted octanol–water partition coefficient (Wildman–Crippen LogP) is 0.0362. The van der Waals surface area contributed by atoms with Crippen molar-refractivity contribution in [1.29, 1.82) is 0 Å². The van der Waals surface area contributed by atoms with Crippen LogP contribution in [0.1, 0.15) is 19.8 Å². The Bertz CT molecular complexity index is 274. The van der Waals surface area contributed by atoms with Crippen LogP contribution in [0.5, 0.6) is 0 Å². The molecule has 0 aromatic rings. The van der Waals surface area contributed by atoms with E-state index in [0.29, 0.717) is 13.2 Å². The van der Waals surface area contributed by atoms with Crippen LogP contribution < -0.4 is 0 Å². The van der Waals surface area contributed by atoms with E-state index in [-0.39, 0.29) is 24.7 Å². The Hall–Kier alpha value is -0.690. The van der Waals surface area contributed by atoms with E-state index in [2.05, 4.69) is 0 Å². The molecule has 1 rings (SSSR count). The molecular formula is C13H25NO5. The number of hydrogen-bond donors (Lipinski definition) is 1. The van der Waals surface area contributed by atoms with Gasteiger partial charge in [-0.05, 0) is 26.3 Å². The number of methoxy groups -OCH3 is 2. The summed E-state index contributed by atoms with van der Waals surface area (Å²) < 4.78 is 15.2.